The van der Waals surface area contributed by atoms with Gasteiger partial charge >= 0.3 is 0 Å². The Bertz CT molecular complexity index is 607. The first-order valence-corrected chi connectivity index (χ1v) is 8.20. The number of para-hydroxylation sites is 1. The van der Waals surface area contributed by atoms with Crippen LogP contribution >= 0.6 is 0 Å². The number of hydrogen-bond acceptors (Lipinski definition) is 3. The number of aromatic nitrogens is 3. The maximum Gasteiger partial charge on any atom is 0.224 e. The lowest BCUT2D eigenvalue weighted by atomic mass is 9.95. The fourth-order valence-electron chi connectivity index (χ4n) is 2.90. The van der Waals surface area contributed by atoms with Crippen molar-refractivity contribution >= 4 is 16.9 Å². The van der Waals surface area contributed by atoms with Crippen molar-refractivity contribution in [3.05, 3.63) is 24.3 Å². The first-order chi connectivity index (χ1) is 10.7. The number of carbonyl (C=O) groups is 1. The van der Waals surface area contributed by atoms with E-state index in [1.165, 1.54) is 19.3 Å². The van der Waals surface area contributed by atoms with Crippen LogP contribution < -0.4 is 5.32 Å². The van der Waals surface area contributed by atoms with Crippen molar-refractivity contribution in [1.82, 2.24) is 20.3 Å². The van der Waals surface area contributed by atoms with E-state index in [9.17, 15) is 4.79 Å². The van der Waals surface area contributed by atoms with Gasteiger partial charge in [-0.2, -0.15) is 0 Å². The predicted octanol–water partition coefficient (Wildman–Crippen LogP) is 3.32. The highest BCUT2D eigenvalue weighted by molar-refractivity contribution is 5.79. The molecule has 2 unspecified atom stereocenters. The first kappa shape index (κ1) is 16.5. The van der Waals surface area contributed by atoms with E-state index >= 15 is 0 Å². The molecule has 1 heterocycles. The molecule has 0 aliphatic rings. The molecule has 2 rings (SSSR count). The molecular weight excluding hydrogens is 276 g/mol. The van der Waals surface area contributed by atoms with Gasteiger partial charge in [0.1, 0.15) is 5.52 Å². The number of carbonyl (C=O) groups excluding carboxylic acids is 1. The summed E-state index contributed by atoms with van der Waals surface area (Å²) in [5.74, 6) is -0.0724. The van der Waals surface area contributed by atoms with Gasteiger partial charge in [0.25, 0.3) is 0 Å². The Morgan fingerprint density at radius 3 is 2.77 bits per heavy atom. The Morgan fingerprint density at radius 2 is 2.05 bits per heavy atom. The smallest absolute Gasteiger partial charge is 0.224 e. The average Bonchev–Trinajstić information content (AvgIpc) is 2.97. The zero-order chi connectivity index (χ0) is 15.9. The van der Waals surface area contributed by atoms with Crippen LogP contribution in [0.25, 0.3) is 11.0 Å². The average molecular weight is 302 g/mol. The molecule has 2 atom stereocenters. The van der Waals surface area contributed by atoms with Crippen molar-refractivity contribution < 1.29 is 4.79 Å². The van der Waals surface area contributed by atoms with Crippen LogP contribution in [0.1, 0.15) is 52.0 Å². The minimum absolute atomic E-state index is 0.0456. The second-order valence-corrected chi connectivity index (χ2v) is 5.84. The van der Waals surface area contributed by atoms with Crippen molar-refractivity contribution in [3.63, 3.8) is 0 Å². The summed E-state index contributed by atoms with van der Waals surface area (Å²) in [5.41, 5.74) is 1.88. The third-order valence-corrected chi connectivity index (χ3v) is 4.28. The van der Waals surface area contributed by atoms with E-state index in [2.05, 4.69) is 22.6 Å². The molecule has 0 fully saturated rings. The van der Waals surface area contributed by atoms with Crippen LogP contribution in [0.15, 0.2) is 24.3 Å². The SMILES string of the molecule is CCCCCCC(C(C)C(=O)NC)n1nnc2ccccc21. The molecule has 0 spiro atoms. The van der Waals surface area contributed by atoms with Gasteiger partial charge in [-0.25, -0.2) is 4.68 Å². The molecule has 0 bridgehead atoms. The standard InChI is InChI=1S/C17H26N4O/c1-4-5-6-7-11-15(13(2)17(22)18-3)21-16-12-9-8-10-14(16)19-20-21/h8-10,12-13,15H,4-7,11H2,1-3H3,(H,18,22). The second-order valence-electron chi connectivity index (χ2n) is 5.84. The van der Waals surface area contributed by atoms with Crippen LogP contribution in [0.5, 0.6) is 0 Å². The van der Waals surface area contributed by atoms with Crippen LogP contribution in [0, 0.1) is 5.92 Å². The Hall–Kier alpha value is -1.91. The van der Waals surface area contributed by atoms with Gasteiger partial charge in [-0.1, -0.05) is 56.9 Å². The molecule has 0 saturated heterocycles. The highest BCUT2D eigenvalue weighted by atomic mass is 16.1. The maximum absolute atomic E-state index is 12.1. The molecule has 120 valence electrons. The maximum atomic E-state index is 12.1. The largest absolute Gasteiger partial charge is 0.359 e. The van der Waals surface area contributed by atoms with Crippen molar-refractivity contribution in [2.24, 2.45) is 5.92 Å². The lowest BCUT2D eigenvalue weighted by molar-refractivity contribution is -0.125. The lowest BCUT2D eigenvalue weighted by Crippen LogP contribution is -2.32. The van der Waals surface area contributed by atoms with Crippen LogP contribution in [0.4, 0.5) is 0 Å². The molecule has 1 amide bonds. The van der Waals surface area contributed by atoms with Crippen LogP contribution in [-0.4, -0.2) is 27.9 Å². The minimum atomic E-state index is -0.128. The minimum Gasteiger partial charge on any atom is -0.359 e. The van der Waals surface area contributed by atoms with Crippen molar-refractivity contribution in [2.75, 3.05) is 7.05 Å². The topological polar surface area (TPSA) is 59.8 Å². The summed E-state index contributed by atoms with van der Waals surface area (Å²) in [4.78, 5) is 12.1. The fourth-order valence-corrected chi connectivity index (χ4v) is 2.90. The lowest BCUT2D eigenvalue weighted by Gasteiger charge is -2.23. The van der Waals surface area contributed by atoms with Crippen molar-refractivity contribution in [2.45, 2.75) is 52.0 Å². The van der Waals surface area contributed by atoms with Gasteiger partial charge in [0.05, 0.1) is 17.5 Å². The fraction of sp³-hybridized carbons (Fsp3) is 0.588. The molecule has 1 aromatic heterocycles. The summed E-state index contributed by atoms with van der Waals surface area (Å²) >= 11 is 0. The van der Waals surface area contributed by atoms with E-state index in [-0.39, 0.29) is 17.9 Å². The van der Waals surface area contributed by atoms with Gasteiger partial charge in [-0.05, 0) is 18.6 Å². The molecule has 0 aliphatic heterocycles. The van der Waals surface area contributed by atoms with E-state index in [1.54, 1.807) is 7.05 Å². The molecule has 1 aromatic carbocycles. The quantitative estimate of drug-likeness (QED) is 0.761. The highest BCUT2D eigenvalue weighted by Crippen LogP contribution is 2.27. The van der Waals surface area contributed by atoms with Crippen LogP contribution in [0.3, 0.4) is 0 Å². The molecule has 5 heteroatoms. The molecule has 0 radical (unpaired) electrons. The van der Waals surface area contributed by atoms with Crippen molar-refractivity contribution in [1.29, 1.82) is 0 Å². The molecule has 2 aromatic rings. The molecule has 0 saturated carbocycles. The number of unbranched alkanes of at least 4 members (excludes halogenated alkanes) is 3. The summed E-state index contributed by atoms with van der Waals surface area (Å²) < 4.78 is 1.93. The van der Waals surface area contributed by atoms with Gasteiger partial charge in [-0.3, -0.25) is 4.79 Å². The molecule has 22 heavy (non-hydrogen) atoms. The summed E-state index contributed by atoms with van der Waals surface area (Å²) in [6, 6.07) is 7.97. The predicted molar refractivity (Wildman–Crippen MR) is 88.6 cm³/mol. The van der Waals surface area contributed by atoms with Gasteiger partial charge in [0.2, 0.25) is 5.91 Å². The Kier molecular flexibility index (Phi) is 5.92. The number of fused-ring (bicyclic) bond motifs is 1. The van der Waals surface area contributed by atoms with Gasteiger partial charge in [0, 0.05) is 7.05 Å². The Morgan fingerprint density at radius 1 is 1.27 bits per heavy atom. The van der Waals surface area contributed by atoms with Gasteiger partial charge in [0.15, 0.2) is 0 Å². The highest BCUT2D eigenvalue weighted by Gasteiger charge is 2.26. The van der Waals surface area contributed by atoms with E-state index < -0.39 is 0 Å². The number of nitrogens with one attached hydrogen (secondary N) is 1. The first-order valence-electron chi connectivity index (χ1n) is 8.20. The second kappa shape index (κ2) is 7.92. The Labute approximate surface area is 132 Å². The Balaban J connectivity index is 2.24. The molecular formula is C17H26N4O. The molecule has 1 N–H and O–H groups in total. The summed E-state index contributed by atoms with van der Waals surface area (Å²) in [5, 5.41) is 11.3. The number of hydrogen-bond donors (Lipinski definition) is 1. The van der Waals surface area contributed by atoms with E-state index in [0.717, 1.165) is 23.9 Å². The van der Waals surface area contributed by atoms with Crippen molar-refractivity contribution in [3.8, 4) is 0 Å². The zero-order valence-corrected chi connectivity index (χ0v) is 13.7. The summed E-state index contributed by atoms with van der Waals surface area (Å²) in [6.07, 6.45) is 5.69. The number of nitrogens with zero attached hydrogens (tertiary/aromatic N) is 3. The zero-order valence-electron chi connectivity index (χ0n) is 13.7. The van der Waals surface area contributed by atoms with E-state index in [0.29, 0.717) is 0 Å². The number of benzene rings is 1. The summed E-state index contributed by atoms with van der Waals surface area (Å²) in [6.45, 7) is 4.18. The molecule has 0 aliphatic carbocycles. The third-order valence-electron chi connectivity index (χ3n) is 4.28. The number of rotatable bonds is 8. The van der Waals surface area contributed by atoms with Gasteiger partial charge < -0.3 is 5.32 Å². The van der Waals surface area contributed by atoms with E-state index in [1.807, 2.05) is 35.9 Å². The third kappa shape index (κ3) is 3.64. The summed E-state index contributed by atoms with van der Waals surface area (Å²) in [7, 11) is 1.69. The van der Waals surface area contributed by atoms with Crippen LogP contribution in [0.2, 0.25) is 0 Å². The van der Waals surface area contributed by atoms with E-state index in [4.69, 9.17) is 0 Å². The number of amides is 1. The van der Waals surface area contributed by atoms with Crippen LogP contribution in [-0.2, 0) is 4.79 Å². The van der Waals surface area contributed by atoms with Gasteiger partial charge in [-0.15, -0.1) is 5.10 Å². The monoisotopic (exact) mass is 302 g/mol. The normalized spacial score (nSPS) is 14.0. The molecule has 5 nitrogen and oxygen atoms in total.